The number of rotatable bonds is 3. The Hall–Kier alpha value is -3.36. The Balaban J connectivity index is 1.56. The first-order valence-electron chi connectivity index (χ1n) is 10.6. The van der Waals surface area contributed by atoms with E-state index in [1.807, 2.05) is 31.7 Å². The predicted octanol–water partition coefficient (Wildman–Crippen LogP) is 4.94. The Morgan fingerprint density at radius 3 is 2.69 bits per heavy atom. The lowest BCUT2D eigenvalue weighted by Gasteiger charge is -2.26. The Labute approximate surface area is 184 Å². The SMILES string of the molecule is C[C@H]1C[C@H](c2cc(F)ccc2F)N(c2ccn3ncc(-c4nnc(C(C)(C)C)o4)c3n2)C1. The molecule has 1 aromatic carbocycles. The molecular weight excluding hydrogens is 414 g/mol. The molecule has 1 fully saturated rings. The van der Waals surface area contributed by atoms with Gasteiger partial charge in [-0.05, 0) is 36.6 Å². The van der Waals surface area contributed by atoms with Gasteiger partial charge in [0, 0.05) is 23.7 Å². The summed E-state index contributed by atoms with van der Waals surface area (Å²) in [4.78, 5) is 6.83. The van der Waals surface area contributed by atoms with Crippen molar-refractivity contribution in [2.24, 2.45) is 5.92 Å². The van der Waals surface area contributed by atoms with Crippen LogP contribution >= 0.6 is 0 Å². The maximum absolute atomic E-state index is 14.6. The highest BCUT2D eigenvalue weighted by molar-refractivity contribution is 5.72. The first-order chi connectivity index (χ1) is 15.2. The minimum Gasteiger partial charge on any atom is -0.420 e. The molecule has 0 bridgehead atoms. The number of nitrogens with zero attached hydrogens (tertiary/aromatic N) is 6. The van der Waals surface area contributed by atoms with Gasteiger partial charge in [-0.1, -0.05) is 27.7 Å². The fourth-order valence-electron chi connectivity index (χ4n) is 4.17. The number of anilines is 1. The lowest BCUT2D eigenvalue weighted by molar-refractivity contribution is 0.399. The molecule has 1 aliphatic heterocycles. The maximum atomic E-state index is 14.6. The van der Waals surface area contributed by atoms with Gasteiger partial charge in [0.2, 0.25) is 5.89 Å². The Morgan fingerprint density at radius 2 is 1.94 bits per heavy atom. The molecule has 0 amide bonds. The summed E-state index contributed by atoms with van der Waals surface area (Å²) in [6.45, 7) is 8.77. The van der Waals surface area contributed by atoms with Crippen LogP contribution in [-0.4, -0.2) is 31.3 Å². The van der Waals surface area contributed by atoms with E-state index in [9.17, 15) is 8.78 Å². The number of hydrogen-bond donors (Lipinski definition) is 0. The summed E-state index contributed by atoms with van der Waals surface area (Å²) in [6.07, 6.45) is 4.14. The lowest BCUT2D eigenvalue weighted by Crippen LogP contribution is -2.25. The van der Waals surface area contributed by atoms with Gasteiger partial charge in [-0.15, -0.1) is 10.2 Å². The van der Waals surface area contributed by atoms with Crippen molar-refractivity contribution in [1.29, 1.82) is 0 Å². The van der Waals surface area contributed by atoms with Crippen molar-refractivity contribution in [3.63, 3.8) is 0 Å². The van der Waals surface area contributed by atoms with Crippen molar-refractivity contribution in [2.45, 2.75) is 45.6 Å². The number of hydrogen-bond acceptors (Lipinski definition) is 6. The van der Waals surface area contributed by atoms with Gasteiger partial charge in [0.05, 0.1) is 12.2 Å². The van der Waals surface area contributed by atoms with E-state index in [4.69, 9.17) is 9.40 Å². The molecule has 0 N–H and O–H groups in total. The summed E-state index contributed by atoms with van der Waals surface area (Å²) in [5, 5.41) is 12.7. The van der Waals surface area contributed by atoms with Crippen LogP contribution in [0.1, 0.15) is 51.6 Å². The van der Waals surface area contributed by atoms with E-state index in [1.165, 1.54) is 12.1 Å². The summed E-state index contributed by atoms with van der Waals surface area (Å²) in [5.41, 5.74) is 1.25. The lowest BCUT2D eigenvalue weighted by atomic mass is 9.97. The normalized spacial score (nSPS) is 19.2. The summed E-state index contributed by atoms with van der Waals surface area (Å²) < 4.78 is 36.0. The molecule has 0 aliphatic carbocycles. The molecule has 7 nitrogen and oxygen atoms in total. The second kappa shape index (κ2) is 7.36. The van der Waals surface area contributed by atoms with E-state index in [0.29, 0.717) is 53.3 Å². The van der Waals surface area contributed by atoms with Crippen LogP contribution in [-0.2, 0) is 5.41 Å². The largest absolute Gasteiger partial charge is 0.420 e. The van der Waals surface area contributed by atoms with Crippen molar-refractivity contribution < 1.29 is 13.2 Å². The highest BCUT2D eigenvalue weighted by Crippen LogP contribution is 2.39. The van der Waals surface area contributed by atoms with Crippen molar-refractivity contribution in [3.05, 3.63) is 59.7 Å². The average molecular weight is 438 g/mol. The minimum atomic E-state index is -0.451. The first kappa shape index (κ1) is 20.5. The van der Waals surface area contributed by atoms with Gasteiger partial charge in [-0.2, -0.15) is 5.10 Å². The molecule has 32 heavy (non-hydrogen) atoms. The number of aromatic nitrogens is 5. The van der Waals surface area contributed by atoms with Gasteiger partial charge in [0.25, 0.3) is 5.89 Å². The van der Waals surface area contributed by atoms with Gasteiger partial charge >= 0.3 is 0 Å². The highest BCUT2D eigenvalue weighted by atomic mass is 19.1. The smallest absolute Gasteiger partial charge is 0.253 e. The van der Waals surface area contributed by atoms with E-state index < -0.39 is 11.6 Å². The van der Waals surface area contributed by atoms with Gasteiger partial charge in [-0.3, -0.25) is 0 Å². The van der Waals surface area contributed by atoms with Gasteiger partial charge in [-0.25, -0.2) is 18.3 Å². The molecule has 1 saturated heterocycles. The molecule has 2 atom stereocenters. The molecular formula is C23H24F2N6O. The number of halogens is 2. The molecule has 9 heteroatoms. The monoisotopic (exact) mass is 438 g/mol. The second-order valence-corrected chi connectivity index (χ2v) is 9.45. The van der Waals surface area contributed by atoms with Crippen LogP contribution < -0.4 is 4.90 Å². The number of benzene rings is 1. The molecule has 0 unspecified atom stereocenters. The van der Waals surface area contributed by atoms with E-state index in [0.717, 1.165) is 6.07 Å². The van der Waals surface area contributed by atoms with Crippen LogP contribution in [0.3, 0.4) is 0 Å². The third-order valence-electron chi connectivity index (χ3n) is 5.77. The quantitative estimate of drug-likeness (QED) is 0.451. The topological polar surface area (TPSA) is 72.3 Å². The second-order valence-electron chi connectivity index (χ2n) is 9.45. The summed E-state index contributed by atoms with van der Waals surface area (Å²) in [6, 6.07) is 5.12. The first-order valence-corrected chi connectivity index (χ1v) is 10.6. The van der Waals surface area contributed by atoms with E-state index in [2.05, 4.69) is 22.2 Å². The van der Waals surface area contributed by atoms with Crippen LogP contribution in [0.5, 0.6) is 0 Å². The van der Waals surface area contributed by atoms with Crippen LogP contribution in [0.25, 0.3) is 17.1 Å². The van der Waals surface area contributed by atoms with Crippen LogP contribution in [0.15, 0.2) is 41.1 Å². The molecule has 4 heterocycles. The predicted molar refractivity (Wildman–Crippen MR) is 115 cm³/mol. The third kappa shape index (κ3) is 3.51. The highest BCUT2D eigenvalue weighted by Gasteiger charge is 2.34. The number of fused-ring (bicyclic) bond motifs is 1. The van der Waals surface area contributed by atoms with Crippen molar-refractivity contribution >= 4 is 11.5 Å². The maximum Gasteiger partial charge on any atom is 0.253 e. The molecule has 3 aromatic heterocycles. The fraction of sp³-hybridized carbons (Fsp3) is 0.391. The molecule has 0 saturated carbocycles. The molecule has 0 radical (unpaired) electrons. The summed E-state index contributed by atoms with van der Waals surface area (Å²) >= 11 is 0. The van der Waals surface area contributed by atoms with Crippen molar-refractivity contribution in [1.82, 2.24) is 24.8 Å². The zero-order chi connectivity index (χ0) is 22.6. The van der Waals surface area contributed by atoms with E-state index in [1.54, 1.807) is 16.9 Å². The Kier molecular flexibility index (Phi) is 4.72. The average Bonchev–Trinajstić information content (AvgIpc) is 3.46. The van der Waals surface area contributed by atoms with Gasteiger partial charge in [0.15, 0.2) is 5.65 Å². The minimum absolute atomic E-state index is 0.277. The molecule has 0 spiro atoms. The van der Waals surface area contributed by atoms with Crippen molar-refractivity contribution in [2.75, 3.05) is 11.4 Å². The fourth-order valence-corrected chi connectivity index (χ4v) is 4.17. The van der Waals surface area contributed by atoms with Crippen LogP contribution in [0, 0.1) is 17.6 Å². The standard InChI is InChI=1S/C23H24F2N6O/c1-13-9-18(15-10-14(24)5-6-17(15)25)30(12-13)19-7-8-31-20(27-19)16(11-26-31)21-28-29-22(32-21)23(2,3)4/h5-8,10-11,13,18H,9,12H2,1-4H3/t13-,18+/m0/s1. The van der Waals surface area contributed by atoms with E-state index >= 15 is 0 Å². The molecule has 1 aliphatic rings. The Bertz CT molecular complexity index is 1290. The Morgan fingerprint density at radius 1 is 1.12 bits per heavy atom. The summed E-state index contributed by atoms with van der Waals surface area (Å²) in [7, 11) is 0. The summed E-state index contributed by atoms with van der Waals surface area (Å²) in [5.74, 6) is 0.967. The van der Waals surface area contributed by atoms with Crippen molar-refractivity contribution in [3.8, 4) is 11.5 Å². The van der Waals surface area contributed by atoms with E-state index in [-0.39, 0.29) is 11.5 Å². The van der Waals surface area contributed by atoms with Crippen LogP contribution in [0.4, 0.5) is 14.6 Å². The van der Waals surface area contributed by atoms with Gasteiger partial charge in [0.1, 0.15) is 23.0 Å². The molecule has 5 rings (SSSR count). The molecule has 4 aromatic rings. The third-order valence-corrected chi connectivity index (χ3v) is 5.77. The van der Waals surface area contributed by atoms with Crippen LogP contribution in [0.2, 0.25) is 0 Å². The zero-order valence-electron chi connectivity index (χ0n) is 18.4. The molecule has 166 valence electrons. The van der Waals surface area contributed by atoms with Gasteiger partial charge < -0.3 is 9.32 Å². The zero-order valence-corrected chi connectivity index (χ0v) is 18.4.